The molecule has 0 spiro atoms. The van der Waals surface area contributed by atoms with Crippen LogP contribution in [0.15, 0.2) is 0 Å². The second-order valence-electron chi connectivity index (χ2n) is 5.31. The van der Waals surface area contributed by atoms with Crippen LogP contribution in [0.2, 0.25) is 0 Å². The summed E-state index contributed by atoms with van der Waals surface area (Å²) in [4.78, 5) is 2.71. The van der Waals surface area contributed by atoms with Crippen LogP contribution in [0.25, 0.3) is 0 Å². The van der Waals surface area contributed by atoms with Gasteiger partial charge in [-0.2, -0.15) is 0 Å². The predicted octanol–water partition coefficient (Wildman–Crippen LogP) is 4.31. The molecular weight excluding hydrogens is 262 g/mol. The summed E-state index contributed by atoms with van der Waals surface area (Å²) in [6.45, 7) is 8.63. The number of rotatable bonds is 6. The van der Waals surface area contributed by atoms with Crippen LogP contribution in [-0.2, 0) is 0 Å². The summed E-state index contributed by atoms with van der Waals surface area (Å²) in [6.07, 6.45) is 8.38. The van der Waals surface area contributed by atoms with Crippen molar-refractivity contribution in [2.45, 2.75) is 52.4 Å². The molecule has 1 fully saturated rings. The molecule has 0 N–H and O–H groups in total. The number of nitrogens with zero attached hydrogens (tertiary/aromatic N) is 1. The van der Waals surface area contributed by atoms with Crippen molar-refractivity contribution in [1.29, 1.82) is 0 Å². The topological polar surface area (TPSA) is 3.24 Å². The van der Waals surface area contributed by atoms with Crippen LogP contribution in [0, 0.1) is 11.8 Å². The molecule has 96 valence electrons. The minimum Gasteiger partial charge on any atom is -0.303 e. The van der Waals surface area contributed by atoms with Gasteiger partial charge >= 0.3 is 0 Å². The van der Waals surface area contributed by atoms with Crippen LogP contribution in [-0.4, -0.2) is 29.9 Å². The minimum atomic E-state index is 0.864. The third kappa shape index (κ3) is 5.18. The summed E-state index contributed by atoms with van der Waals surface area (Å²) in [5.41, 5.74) is 0. The smallest absolute Gasteiger partial charge is 0.00718 e. The second-order valence-corrected chi connectivity index (χ2v) is 5.96. The Labute approximate surface area is 110 Å². The Morgan fingerprint density at radius 2 is 2.06 bits per heavy atom. The summed E-state index contributed by atoms with van der Waals surface area (Å²) >= 11 is 3.66. The van der Waals surface area contributed by atoms with Crippen molar-refractivity contribution in [1.82, 2.24) is 4.90 Å². The molecule has 0 saturated carbocycles. The van der Waals surface area contributed by atoms with E-state index in [1.165, 1.54) is 63.5 Å². The normalized spacial score (nSPS) is 25.3. The van der Waals surface area contributed by atoms with E-state index in [1.807, 2.05) is 0 Å². The average Bonchev–Trinajstić information content (AvgIpc) is 2.53. The second kappa shape index (κ2) is 8.52. The van der Waals surface area contributed by atoms with E-state index in [-0.39, 0.29) is 0 Å². The molecule has 1 nitrogen and oxygen atoms in total. The van der Waals surface area contributed by atoms with Crippen molar-refractivity contribution in [3.8, 4) is 0 Å². The van der Waals surface area contributed by atoms with Gasteiger partial charge in [-0.05, 0) is 50.6 Å². The zero-order valence-electron chi connectivity index (χ0n) is 11.1. The first kappa shape index (κ1) is 14.5. The van der Waals surface area contributed by atoms with Crippen LogP contribution in [0.4, 0.5) is 0 Å². The number of hydrogen-bond donors (Lipinski definition) is 0. The van der Waals surface area contributed by atoms with Crippen LogP contribution in [0.5, 0.6) is 0 Å². The highest BCUT2D eigenvalue weighted by molar-refractivity contribution is 9.09. The van der Waals surface area contributed by atoms with Gasteiger partial charge in [0.15, 0.2) is 0 Å². The first-order valence-electron chi connectivity index (χ1n) is 7.08. The van der Waals surface area contributed by atoms with E-state index in [9.17, 15) is 0 Å². The van der Waals surface area contributed by atoms with Gasteiger partial charge in [0.05, 0.1) is 0 Å². The van der Waals surface area contributed by atoms with E-state index in [2.05, 4.69) is 34.7 Å². The van der Waals surface area contributed by atoms with Crippen molar-refractivity contribution < 1.29 is 0 Å². The summed E-state index contributed by atoms with van der Waals surface area (Å²) in [7, 11) is 0. The summed E-state index contributed by atoms with van der Waals surface area (Å²) < 4.78 is 0. The maximum atomic E-state index is 3.66. The van der Waals surface area contributed by atoms with E-state index in [4.69, 9.17) is 0 Å². The molecule has 0 aromatic carbocycles. The molecule has 0 bridgehead atoms. The number of alkyl halides is 1. The Bertz CT molecular complexity index is 172. The number of hydrogen-bond acceptors (Lipinski definition) is 1. The van der Waals surface area contributed by atoms with E-state index in [0.717, 1.165) is 11.8 Å². The van der Waals surface area contributed by atoms with Crippen LogP contribution in [0.1, 0.15) is 52.4 Å². The molecule has 1 aliphatic heterocycles. The van der Waals surface area contributed by atoms with E-state index in [1.54, 1.807) is 0 Å². The van der Waals surface area contributed by atoms with Crippen molar-refractivity contribution in [3.63, 3.8) is 0 Å². The van der Waals surface area contributed by atoms with Gasteiger partial charge in [-0.15, -0.1) is 0 Å². The molecule has 0 radical (unpaired) electrons. The summed E-state index contributed by atoms with van der Waals surface area (Å²) in [5.74, 6) is 1.86. The van der Waals surface area contributed by atoms with Crippen LogP contribution < -0.4 is 0 Å². The fourth-order valence-corrected chi connectivity index (χ4v) is 3.33. The third-order valence-electron chi connectivity index (χ3n) is 3.95. The largest absolute Gasteiger partial charge is 0.303 e. The van der Waals surface area contributed by atoms with Gasteiger partial charge in [0.1, 0.15) is 0 Å². The molecule has 16 heavy (non-hydrogen) atoms. The Morgan fingerprint density at radius 3 is 2.69 bits per heavy atom. The lowest BCUT2D eigenvalue weighted by Gasteiger charge is -2.25. The van der Waals surface area contributed by atoms with Gasteiger partial charge in [-0.1, -0.05) is 42.6 Å². The quantitative estimate of drug-likeness (QED) is 0.659. The Balaban J connectivity index is 2.30. The summed E-state index contributed by atoms with van der Waals surface area (Å²) in [6, 6.07) is 0. The third-order valence-corrected chi connectivity index (χ3v) is 4.86. The van der Waals surface area contributed by atoms with Crippen molar-refractivity contribution in [3.05, 3.63) is 0 Å². The summed E-state index contributed by atoms with van der Waals surface area (Å²) in [5, 5.41) is 1.18. The first-order chi connectivity index (χ1) is 7.80. The highest BCUT2D eigenvalue weighted by Crippen LogP contribution is 2.21. The number of likely N-dealkylation sites (tertiary alicyclic amines) is 1. The van der Waals surface area contributed by atoms with E-state index in [0.29, 0.717) is 0 Å². The predicted molar refractivity (Wildman–Crippen MR) is 76.3 cm³/mol. The monoisotopic (exact) mass is 289 g/mol. The van der Waals surface area contributed by atoms with E-state index < -0.39 is 0 Å². The molecule has 1 heterocycles. The maximum Gasteiger partial charge on any atom is 0.00718 e. The van der Waals surface area contributed by atoms with Gasteiger partial charge in [0.25, 0.3) is 0 Å². The molecule has 0 aromatic heterocycles. The fourth-order valence-electron chi connectivity index (χ4n) is 2.81. The lowest BCUT2D eigenvalue weighted by atomic mass is 9.98. The standard InChI is InChI=1S/C14H28BrN/c1-3-6-14(11-15)12-16-9-5-7-13(4-2)8-10-16/h13-14H,3-12H2,1-2H3. The molecule has 0 aromatic rings. The van der Waals surface area contributed by atoms with Crippen molar-refractivity contribution in [2.24, 2.45) is 11.8 Å². The van der Waals surface area contributed by atoms with Gasteiger partial charge in [0.2, 0.25) is 0 Å². The lowest BCUT2D eigenvalue weighted by Crippen LogP contribution is -2.31. The van der Waals surface area contributed by atoms with Crippen LogP contribution >= 0.6 is 15.9 Å². The minimum absolute atomic E-state index is 0.864. The lowest BCUT2D eigenvalue weighted by molar-refractivity contribution is 0.239. The molecule has 0 amide bonds. The van der Waals surface area contributed by atoms with Gasteiger partial charge < -0.3 is 4.90 Å². The van der Waals surface area contributed by atoms with Crippen molar-refractivity contribution >= 4 is 15.9 Å². The van der Waals surface area contributed by atoms with Gasteiger partial charge in [-0.25, -0.2) is 0 Å². The van der Waals surface area contributed by atoms with Crippen molar-refractivity contribution in [2.75, 3.05) is 25.0 Å². The van der Waals surface area contributed by atoms with Gasteiger partial charge in [0, 0.05) is 11.9 Å². The fraction of sp³-hybridized carbons (Fsp3) is 1.00. The Morgan fingerprint density at radius 1 is 1.25 bits per heavy atom. The van der Waals surface area contributed by atoms with E-state index >= 15 is 0 Å². The number of halogens is 1. The highest BCUT2D eigenvalue weighted by atomic mass is 79.9. The molecule has 2 unspecified atom stereocenters. The zero-order chi connectivity index (χ0) is 11.8. The molecule has 0 aliphatic carbocycles. The average molecular weight is 290 g/mol. The molecule has 2 heteroatoms. The highest BCUT2D eigenvalue weighted by Gasteiger charge is 2.18. The zero-order valence-corrected chi connectivity index (χ0v) is 12.6. The molecular formula is C14H28BrN. The Kier molecular flexibility index (Phi) is 7.72. The molecule has 1 aliphatic rings. The molecule has 1 rings (SSSR count). The first-order valence-corrected chi connectivity index (χ1v) is 8.20. The molecule has 1 saturated heterocycles. The SMILES string of the molecule is CCCC(CBr)CN1CCCC(CC)CC1. The van der Waals surface area contributed by atoms with Gasteiger partial charge in [-0.3, -0.25) is 0 Å². The maximum absolute atomic E-state index is 3.66. The molecule has 2 atom stereocenters. The Hall–Kier alpha value is 0.440. The van der Waals surface area contributed by atoms with Crippen LogP contribution in [0.3, 0.4) is 0 Å².